The first-order chi connectivity index (χ1) is 12.8. The SMILES string of the molecule is N#CC(C#N)=c1c([N+](=O)[O-])c([N+](=O)[O-])c([N+](=O)[O-])c2c1=c1ccccc1=C2. The van der Waals surface area contributed by atoms with Crippen molar-refractivity contribution in [3.05, 3.63) is 81.0 Å². The van der Waals surface area contributed by atoms with Gasteiger partial charge in [-0.25, -0.2) is 0 Å². The molecule has 27 heavy (non-hydrogen) atoms. The van der Waals surface area contributed by atoms with Gasteiger partial charge in [0.2, 0.25) is 0 Å². The molecule has 130 valence electrons. The summed E-state index contributed by atoms with van der Waals surface area (Å²) < 4.78 is 0. The number of nitrogens with zero attached hydrogens (tertiary/aromatic N) is 5. The Morgan fingerprint density at radius 1 is 0.852 bits per heavy atom. The molecule has 1 aliphatic carbocycles. The molecule has 0 aliphatic heterocycles. The van der Waals surface area contributed by atoms with E-state index in [1.54, 1.807) is 18.2 Å². The van der Waals surface area contributed by atoms with E-state index in [2.05, 4.69) is 0 Å². The zero-order chi connectivity index (χ0) is 19.9. The largest absolute Gasteiger partial charge is 0.423 e. The quantitative estimate of drug-likeness (QED) is 0.489. The lowest BCUT2D eigenvalue weighted by molar-refractivity contribution is -0.441. The third kappa shape index (κ3) is 2.35. The monoisotopic (exact) mass is 363 g/mol. The number of benzene rings is 2. The zero-order valence-corrected chi connectivity index (χ0v) is 13.1. The summed E-state index contributed by atoms with van der Waals surface area (Å²) in [5.41, 5.74) is -4.69. The highest BCUT2D eigenvalue weighted by Crippen LogP contribution is 2.38. The number of fused-ring (bicyclic) bond motifs is 2. The summed E-state index contributed by atoms with van der Waals surface area (Å²) in [5, 5.41) is 53.1. The van der Waals surface area contributed by atoms with Gasteiger partial charge in [-0.15, -0.1) is 0 Å². The molecule has 0 atom stereocenters. The third-order valence-corrected chi connectivity index (χ3v) is 4.01. The van der Waals surface area contributed by atoms with Crippen LogP contribution in [-0.2, 0) is 0 Å². The minimum atomic E-state index is -1.37. The van der Waals surface area contributed by atoms with Crippen molar-refractivity contribution in [2.75, 3.05) is 0 Å². The molecule has 0 saturated carbocycles. The van der Waals surface area contributed by atoms with Crippen LogP contribution < -0.4 is 10.4 Å². The maximum atomic E-state index is 11.6. The van der Waals surface area contributed by atoms with Crippen LogP contribution in [0.5, 0.6) is 0 Å². The van der Waals surface area contributed by atoms with Crippen LogP contribution in [-0.4, -0.2) is 14.8 Å². The van der Waals surface area contributed by atoms with Crippen LogP contribution in [0.2, 0.25) is 0 Å². The lowest BCUT2D eigenvalue weighted by Crippen LogP contribution is -2.19. The third-order valence-electron chi connectivity index (χ3n) is 4.01. The smallest absolute Gasteiger partial charge is 0.258 e. The number of nitro groups is 3. The van der Waals surface area contributed by atoms with E-state index < -0.39 is 42.6 Å². The van der Waals surface area contributed by atoms with E-state index in [9.17, 15) is 40.9 Å². The summed E-state index contributed by atoms with van der Waals surface area (Å²) in [6.45, 7) is 0. The Morgan fingerprint density at radius 3 is 1.93 bits per heavy atom. The molecule has 1 aliphatic rings. The van der Waals surface area contributed by atoms with Gasteiger partial charge in [-0.1, -0.05) is 24.3 Å². The van der Waals surface area contributed by atoms with Crippen molar-refractivity contribution in [3.63, 3.8) is 0 Å². The Balaban J connectivity index is 2.95. The predicted molar refractivity (Wildman–Crippen MR) is 88.0 cm³/mol. The van der Waals surface area contributed by atoms with Crippen molar-refractivity contribution >= 4 is 28.7 Å². The molecular weight excluding hydrogens is 358 g/mol. The van der Waals surface area contributed by atoms with Gasteiger partial charge in [0.1, 0.15) is 17.7 Å². The lowest BCUT2D eigenvalue weighted by atomic mass is 10.0. The molecule has 0 aromatic heterocycles. The molecule has 0 radical (unpaired) electrons. The van der Waals surface area contributed by atoms with Crippen molar-refractivity contribution in [2.45, 2.75) is 0 Å². The number of nitriles is 2. The number of hydrogen-bond acceptors (Lipinski definition) is 8. The Hall–Kier alpha value is -4.64. The van der Waals surface area contributed by atoms with Crippen molar-refractivity contribution < 1.29 is 14.8 Å². The molecule has 0 fully saturated rings. The van der Waals surface area contributed by atoms with Crippen LogP contribution in [0.3, 0.4) is 0 Å². The highest BCUT2D eigenvalue weighted by atomic mass is 16.6. The van der Waals surface area contributed by atoms with Crippen LogP contribution >= 0.6 is 0 Å². The van der Waals surface area contributed by atoms with Crippen LogP contribution in [0.4, 0.5) is 17.1 Å². The second kappa shape index (κ2) is 6.02. The van der Waals surface area contributed by atoms with E-state index >= 15 is 0 Å². The van der Waals surface area contributed by atoms with E-state index in [1.165, 1.54) is 24.3 Å². The first kappa shape index (κ1) is 17.2. The van der Waals surface area contributed by atoms with Crippen molar-refractivity contribution in [1.29, 1.82) is 10.5 Å². The maximum absolute atomic E-state index is 11.6. The number of hydrogen-bond donors (Lipinski definition) is 0. The Labute approximate surface area is 148 Å². The molecule has 0 spiro atoms. The zero-order valence-electron chi connectivity index (χ0n) is 13.1. The van der Waals surface area contributed by atoms with Gasteiger partial charge in [0, 0.05) is 5.22 Å². The molecule has 0 unspecified atom stereocenters. The fourth-order valence-corrected chi connectivity index (χ4v) is 3.07. The minimum absolute atomic E-state index is 0.118. The number of nitro benzene ring substituents is 3. The van der Waals surface area contributed by atoms with Gasteiger partial charge in [0.15, 0.2) is 0 Å². The predicted octanol–water partition coefficient (Wildman–Crippen LogP) is 1.04. The maximum Gasteiger partial charge on any atom is 0.423 e. The second-order valence-electron chi connectivity index (χ2n) is 5.31. The minimum Gasteiger partial charge on any atom is -0.258 e. The van der Waals surface area contributed by atoms with Crippen LogP contribution in [0.15, 0.2) is 24.3 Å². The summed E-state index contributed by atoms with van der Waals surface area (Å²) in [6.07, 6.45) is 1.27. The molecule has 11 nitrogen and oxygen atoms in total. The molecule has 0 N–H and O–H groups in total. The fraction of sp³-hybridized carbons (Fsp3) is 0. The van der Waals surface area contributed by atoms with Crippen molar-refractivity contribution in [2.24, 2.45) is 0 Å². The summed E-state index contributed by atoms with van der Waals surface area (Å²) in [4.78, 5) is 31.1. The molecular formula is C16H5N5O6. The average molecular weight is 363 g/mol. The van der Waals surface area contributed by atoms with Gasteiger partial charge >= 0.3 is 17.1 Å². The fourth-order valence-electron chi connectivity index (χ4n) is 3.07. The standard InChI is InChI=1S/C16H5N5O6/c17-6-9(7-18)12-13-10-4-2-1-3-8(10)5-11(13)14(19(22)23)16(21(26)27)15(12)20(24)25/h1-5H. The molecule has 0 bridgehead atoms. The van der Waals surface area contributed by atoms with Gasteiger partial charge < -0.3 is 0 Å². The summed E-state index contributed by atoms with van der Waals surface area (Å²) >= 11 is 0. The van der Waals surface area contributed by atoms with Crippen molar-refractivity contribution in [1.82, 2.24) is 0 Å². The van der Waals surface area contributed by atoms with Gasteiger partial charge in [-0.2, -0.15) is 10.5 Å². The van der Waals surface area contributed by atoms with E-state index in [0.29, 0.717) is 10.4 Å². The second-order valence-corrected chi connectivity index (χ2v) is 5.31. The summed E-state index contributed by atoms with van der Waals surface area (Å²) in [7, 11) is 0. The normalized spacial score (nSPS) is 10.6. The van der Waals surface area contributed by atoms with E-state index in [1.807, 2.05) is 0 Å². The molecule has 0 amide bonds. The highest BCUT2D eigenvalue weighted by molar-refractivity contribution is 5.84. The molecule has 2 aromatic rings. The molecule has 0 saturated heterocycles. The first-order valence-corrected chi connectivity index (χ1v) is 7.12. The van der Waals surface area contributed by atoms with Gasteiger partial charge in [-0.05, 0) is 16.5 Å². The molecule has 2 aromatic carbocycles. The summed E-state index contributed by atoms with van der Waals surface area (Å²) in [6, 6.07) is 9.18. The van der Waals surface area contributed by atoms with Gasteiger partial charge in [-0.3, -0.25) is 30.3 Å². The Morgan fingerprint density at radius 2 is 1.41 bits per heavy atom. The first-order valence-electron chi connectivity index (χ1n) is 7.12. The molecule has 3 rings (SSSR count). The lowest BCUT2D eigenvalue weighted by Gasteiger charge is -2.02. The Kier molecular flexibility index (Phi) is 3.83. The topological polar surface area (TPSA) is 177 Å². The average Bonchev–Trinajstić information content (AvgIpc) is 3.00. The van der Waals surface area contributed by atoms with Crippen LogP contribution in [0.25, 0.3) is 11.6 Å². The van der Waals surface area contributed by atoms with Crippen LogP contribution in [0.1, 0.15) is 5.56 Å². The molecule has 11 heteroatoms. The van der Waals surface area contributed by atoms with E-state index in [0.717, 1.165) is 0 Å². The van der Waals surface area contributed by atoms with E-state index in [-0.39, 0.29) is 10.8 Å². The number of rotatable bonds is 3. The van der Waals surface area contributed by atoms with Gasteiger partial charge in [0.05, 0.1) is 25.6 Å². The van der Waals surface area contributed by atoms with Crippen molar-refractivity contribution in [3.8, 4) is 12.1 Å². The van der Waals surface area contributed by atoms with Gasteiger partial charge in [0.25, 0.3) is 0 Å². The van der Waals surface area contributed by atoms with Crippen LogP contribution in [0, 0.1) is 63.4 Å². The molecule has 0 heterocycles. The highest BCUT2D eigenvalue weighted by Gasteiger charge is 2.42. The Bertz CT molecular complexity index is 1360. The van der Waals surface area contributed by atoms with E-state index in [4.69, 9.17) is 0 Å². The summed E-state index contributed by atoms with van der Waals surface area (Å²) in [5.74, 6) is 0.